The lowest BCUT2D eigenvalue weighted by molar-refractivity contribution is -0.158. The van der Waals surface area contributed by atoms with E-state index in [1.807, 2.05) is 12.1 Å². The number of carbonyl (C=O) groups excluding carboxylic acids is 3. The minimum Gasteiger partial charge on any atom is -0.450 e. The highest BCUT2D eigenvalue weighted by atomic mass is 35.5. The lowest BCUT2D eigenvalue weighted by Gasteiger charge is -2.37. The molecule has 1 atom stereocenters. The molecule has 40 heavy (non-hydrogen) atoms. The van der Waals surface area contributed by atoms with Crippen molar-refractivity contribution in [3.8, 4) is 11.1 Å². The van der Waals surface area contributed by atoms with Gasteiger partial charge in [-0.05, 0) is 65.9 Å². The third kappa shape index (κ3) is 5.40. The van der Waals surface area contributed by atoms with Crippen LogP contribution < -0.4 is 0 Å². The summed E-state index contributed by atoms with van der Waals surface area (Å²) in [6.07, 6.45) is 5.98. The van der Waals surface area contributed by atoms with E-state index in [0.717, 1.165) is 11.8 Å². The van der Waals surface area contributed by atoms with E-state index in [1.165, 1.54) is 6.07 Å². The molecule has 2 aromatic carbocycles. The fourth-order valence-electron chi connectivity index (χ4n) is 5.48. The Morgan fingerprint density at radius 2 is 1.88 bits per heavy atom. The van der Waals surface area contributed by atoms with Crippen LogP contribution in [0.1, 0.15) is 41.9 Å². The van der Waals surface area contributed by atoms with E-state index in [0.29, 0.717) is 53.2 Å². The molecule has 1 aromatic heterocycles. The number of ether oxygens (including phenoxy) is 1. The summed E-state index contributed by atoms with van der Waals surface area (Å²) in [5, 5.41) is 0.293. The molecule has 1 amide bonds. The number of amides is 1. The molecule has 2 aliphatic rings. The number of aryl methyl sites for hydroxylation is 2. The molecule has 2 fully saturated rings. The maximum Gasteiger partial charge on any atom is 0.322 e. The van der Waals surface area contributed by atoms with E-state index in [1.54, 1.807) is 54.5 Å². The number of nitrogens with zero attached hydrogens (tertiary/aromatic N) is 2. The van der Waals surface area contributed by atoms with E-state index in [2.05, 4.69) is 4.98 Å². The van der Waals surface area contributed by atoms with E-state index < -0.39 is 27.3 Å². The second-order valence-corrected chi connectivity index (χ2v) is 12.9. The van der Waals surface area contributed by atoms with Crippen LogP contribution in [-0.2, 0) is 35.4 Å². The second kappa shape index (κ2) is 10.8. The number of hydrogen-bond donors (Lipinski definition) is 0. The molecule has 3 aromatic rings. The molecule has 0 N–H and O–H groups in total. The van der Waals surface area contributed by atoms with E-state index in [-0.39, 0.29) is 29.4 Å². The van der Waals surface area contributed by atoms with Gasteiger partial charge in [0.15, 0.2) is 21.2 Å². The monoisotopic (exact) mass is 580 g/mol. The summed E-state index contributed by atoms with van der Waals surface area (Å²) >= 11 is 6.62. The minimum absolute atomic E-state index is 0.00909. The molecule has 5 rings (SSSR count). The Balaban J connectivity index is 1.31. The maximum absolute atomic E-state index is 13.7. The van der Waals surface area contributed by atoms with Crippen molar-refractivity contribution in [1.29, 1.82) is 0 Å². The molecule has 208 valence electrons. The summed E-state index contributed by atoms with van der Waals surface area (Å²) in [7, 11) is -3.41. The normalized spacial score (nSPS) is 18.7. The Bertz CT molecular complexity index is 1600. The van der Waals surface area contributed by atoms with Crippen molar-refractivity contribution >= 4 is 39.1 Å². The number of piperidine rings is 1. The van der Waals surface area contributed by atoms with Crippen LogP contribution in [0.5, 0.6) is 0 Å². The van der Waals surface area contributed by atoms with Gasteiger partial charge in [-0.1, -0.05) is 29.8 Å². The molecule has 1 spiro atoms. The van der Waals surface area contributed by atoms with Crippen molar-refractivity contribution in [3.05, 3.63) is 82.6 Å². The third-order valence-electron chi connectivity index (χ3n) is 7.76. The van der Waals surface area contributed by atoms with Crippen molar-refractivity contribution < 1.29 is 27.5 Å². The first kappa shape index (κ1) is 28.0. The molecule has 3 heterocycles. The molecule has 8 nitrogen and oxygen atoms in total. The second-order valence-electron chi connectivity index (χ2n) is 10.4. The first-order valence-electron chi connectivity index (χ1n) is 13.0. The van der Waals surface area contributed by atoms with Crippen molar-refractivity contribution in [2.45, 2.75) is 49.0 Å². The van der Waals surface area contributed by atoms with Crippen LogP contribution in [0.2, 0.25) is 5.02 Å². The zero-order valence-electron chi connectivity index (χ0n) is 22.2. The molecular formula is C30H29ClN2O6S. The summed E-state index contributed by atoms with van der Waals surface area (Å²) in [6, 6.07) is 13.6. The predicted molar refractivity (Wildman–Crippen MR) is 150 cm³/mol. The summed E-state index contributed by atoms with van der Waals surface area (Å²) in [5.41, 5.74) is 2.06. The molecule has 10 heteroatoms. The Labute approximate surface area is 238 Å². The molecule has 0 bridgehead atoms. The zero-order valence-corrected chi connectivity index (χ0v) is 23.8. The van der Waals surface area contributed by atoms with Crippen LogP contribution in [0.3, 0.4) is 0 Å². The molecule has 1 unspecified atom stereocenters. The van der Waals surface area contributed by atoms with Crippen LogP contribution in [0.4, 0.5) is 0 Å². The van der Waals surface area contributed by atoms with E-state index in [4.69, 9.17) is 16.3 Å². The number of Topliss-reactive ketones (excluding diaryl/α,β-unsaturated/α-hetero) is 1. The number of halogens is 1. The number of aromatic nitrogens is 1. The largest absolute Gasteiger partial charge is 0.450 e. The standard InChI is InChI=1S/C30H29ClN2O6S/c1-19-15-24(21-6-3-7-22(16-21)40(2,37)38)25(31)17-23(19)27-28(35)30(39-29(27)36)10-13-33(14-11-30)26(34)9-8-20-5-4-12-32-18-20/h3-7,12,15-18,27H,8-11,13-14H2,1-2H3. The highest BCUT2D eigenvalue weighted by molar-refractivity contribution is 7.90. The first-order valence-corrected chi connectivity index (χ1v) is 15.3. The van der Waals surface area contributed by atoms with Crippen molar-refractivity contribution in [2.75, 3.05) is 19.3 Å². The smallest absolute Gasteiger partial charge is 0.322 e. The summed E-state index contributed by atoms with van der Waals surface area (Å²) < 4.78 is 29.8. The lowest BCUT2D eigenvalue weighted by atomic mass is 9.80. The average molecular weight is 581 g/mol. The number of ketones is 1. The van der Waals surface area contributed by atoms with Crippen LogP contribution in [0, 0.1) is 6.92 Å². The number of sulfone groups is 1. The topological polar surface area (TPSA) is 111 Å². The number of likely N-dealkylation sites (tertiary alicyclic amines) is 1. The molecule has 0 radical (unpaired) electrons. The molecule has 0 saturated carbocycles. The van der Waals surface area contributed by atoms with Gasteiger partial charge in [0.1, 0.15) is 5.92 Å². The number of carbonyl (C=O) groups is 3. The number of esters is 1. The van der Waals surface area contributed by atoms with Gasteiger partial charge in [0, 0.05) is 61.6 Å². The fraction of sp³-hybridized carbons (Fsp3) is 0.333. The number of rotatable bonds is 6. The molecule has 2 aliphatic heterocycles. The highest BCUT2D eigenvalue weighted by Crippen LogP contribution is 2.43. The highest BCUT2D eigenvalue weighted by Gasteiger charge is 2.57. The Kier molecular flexibility index (Phi) is 7.54. The van der Waals surface area contributed by atoms with Crippen molar-refractivity contribution in [1.82, 2.24) is 9.88 Å². The summed E-state index contributed by atoms with van der Waals surface area (Å²) in [4.78, 5) is 45.5. The molecular weight excluding hydrogens is 552 g/mol. The fourth-order valence-corrected chi connectivity index (χ4v) is 6.43. The average Bonchev–Trinajstić information content (AvgIpc) is 3.17. The van der Waals surface area contributed by atoms with Crippen LogP contribution in [0.15, 0.2) is 65.8 Å². The van der Waals surface area contributed by atoms with Gasteiger partial charge in [-0.15, -0.1) is 0 Å². The van der Waals surface area contributed by atoms with E-state index >= 15 is 0 Å². The summed E-state index contributed by atoms with van der Waals surface area (Å²) in [6.45, 7) is 2.44. The van der Waals surface area contributed by atoms with Crippen molar-refractivity contribution in [3.63, 3.8) is 0 Å². The predicted octanol–water partition coefficient (Wildman–Crippen LogP) is 4.32. The van der Waals surface area contributed by atoms with Crippen LogP contribution >= 0.6 is 11.6 Å². The Hall–Kier alpha value is -3.56. The Morgan fingerprint density at radius 3 is 2.55 bits per heavy atom. The molecule has 0 aliphatic carbocycles. The van der Waals surface area contributed by atoms with Gasteiger partial charge in [-0.25, -0.2) is 8.42 Å². The van der Waals surface area contributed by atoms with E-state index in [9.17, 15) is 22.8 Å². The first-order chi connectivity index (χ1) is 19.0. The van der Waals surface area contributed by atoms with Crippen molar-refractivity contribution in [2.24, 2.45) is 0 Å². The van der Waals surface area contributed by atoms with Gasteiger partial charge in [0.05, 0.1) is 4.90 Å². The quantitative estimate of drug-likeness (QED) is 0.315. The van der Waals surface area contributed by atoms with Crippen LogP contribution in [0.25, 0.3) is 11.1 Å². The van der Waals surface area contributed by atoms with Gasteiger partial charge in [0.2, 0.25) is 5.91 Å². The maximum atomic E-state index is 13.7. The van der Waals surface area contributed by atoms with Gasteiger partial charge >= 0.3 is 5.97 Å². The lowest BCUT2D eigenvalue weighted by Crippen LogP contribution is -2.50. The number of hydrogen-bond acceptors (Lipinski definition) is 7. The van der Waals surface area contributed by atoms with Gasteiger partial charge < -0.3 is 9.64 Å². The molecule has 2 saturated heterocycles. The Morgan fingerprint density at radius 1 is 1.12 bits per heavy atom. The van der Waals surface area contributed by atoms with Crippen LogP contribution in [-0.4, -0.2) is 60.9 Å². The van der Waals surface area contributed by atoms with Gasteiger partial charge in [-0.2, -0.15) is 0 Å². The minimum atomic E-state index is -3.41. The summed E-state index contributed by atoms with van der Waals surface area (Å²) in [5.74, 6) is -2.05. The third-order valence-corrected chi connectivity index (χ3v) is 9.18. The SMILES string of the molecule is Cc1cc(-c2cccc(S(C)(=O)=O)c2)c(Cl)cc1C1C(=O)OC2(CCN(C(=O)CCc3cccnc3)CC2)C1=O. The van der Waals surface area contributed by atoms with Gasteiger partial charge in [-0.3, -0.25) is 19.4 Å². The number of benzene rings is 2. The van der Waals surface area contributed by atoms with Gasteiger partial charge in [0.25, 0.3) is 0 Å². The zero-order chi connectivity index (χ0) is 28.7. The number of pyridine rings is 1.